The summed E-state index contributed by atoms with van der Waals surface area (Å²) in [5.74, 6) is -1.10. The van der Waals surface area contributed by atoms with Gasteiger partial charge in [-0.2, -0.15) is 0 Å². The van der Waals surface area contributed by atoms with E-state index in [1.54, 1.807) is 38.1 Å². The zero-order valence-corrected chi connectivity index (χ0v) is 28.5. The summed E-state index contributed by atoms with van der Waals surface area (Å²) in [6.07, 6.45) is 33.4. The number of nitrogens with one attached hydrogen (secondary N) is 2. The molecule has 1 unspecified atom stereocenters. The molecule has 252 valence electrons. The molecule has 8 heteroatoms. The topological polar surface area (TPSA) is 105 Å². The van der Waals surface area contributed by atoms with Crippen molar-refractivity contribution in [1.82, 2.24) is 10.6 Å². The summed E-state index contributed by atoms with van der Waals surface area (Å²) in [4.78, 5) is 36.5. The van der Waals surface area contributed by atoms with Crippen molar-refractivity contribution in [1.29, 1.82) is 0 Å². The van der Waals surface area contributed by atoms with E-state index in [4.69, 9.17) is 16.3 Å². The summed E-state index contributed by atoms with van der Waals surface area (Å²) in [6.45, 7) is 5.86. The van der Waals surface area contributed by atoms with Gasteiger partial charge in [-0.25, -0.2) is 4.79 Å². The largest absolute Gasteiger partial charge is 0.480 e. The molecule has 2 amide bonds. The van der Waals surface area contributed by atoms with Crippen LogP contribution in [0.4, 0.5) is 0 Å². The fourth-order valence-electron chi connectivity index (χ4n) is 4.11. The SMILES string of the molecule is CC/C=C\C/C=C\C/C=C\C/C=C\C/C=C\C/C=C\CCC(=O)NC(CCCCNC(=O)C(C)(C)Oc1ccc(Cl)cc1)C(=O)O. The van der Waals surface area contributed by atoms with E-state index in [0.717, 1.165) is 38.5 Å². The number of carboxylic acids is 1. The first-order chi connectivity index (χ1) is 22.2. The normalized spacial score (nSPS) is 13.1. The van der Waals surface area contributed by atoms with Crippen LogP contribution in [0.5, 0.6) is 5.75 Å². The lowest BCUT2D eigenvalue weighted by atomic mass is 10.1. The van der Waals surface area contributed by atoms with Gasteiger partial charge in [-0.05, 0) is 102 Å². The lowest BCUT2D eigenvalue weighted by Crippen LogP contribution is -2.46. The maximum absolute atomic E-state index is 12.6. The van der Waals surface area contributed by atoms with E-state index in [2.05, 4.69) is 78.3 Å². The minimum Gasteiger partial charge on any atom is -0.480 e. The number of unbranched alkanes of at least 4 members (excludes halogenated alkanes) is 1. The Labute approximate surface area is 281 Å². The molecule has 1 rings (SSSR count). The van der Waals surface area contributed by atoms with Crippen molar-refractivity contribution in [2.24, 2.45) is 0 Å². The average molecular weight is 653 g/mol. The third-order valence-corrected chi connectivity index (χ3v) is 6.96. The molecular weight excluding hydrogens is 600 g/mol. The zero-order valence-electron chi connectivity index (χ0n) is 27.8. The molecular formula is C38H53ClN2O5. The van der Waals surface area contributed by atoms with Gasteiger partial charge in [0.25, 0.3) is 5.91 Å². The number of benzene rings is 1. The Bertz CT molecular complexity index is 1200. The van der Waals surface area contributed by atoms with Crippen LogP contribution in [0, 0.1) is 0 Å². The van der Waals surface area contributed by atoms with Gasteiger partial charge in [0.2, 0.25) is 5.91 Å². The second-order valence-electron chi connectivity index (χ2n) is 11.2. The van der Waals surface area contributed by atoms with Gasteiger partial charge >= 0.3 is 5.97 Å². The van der Waals surface area contributed by atoms with Crippen molar-refractivity contribution in [3.8, 4) is 5.75 Å². The predicted molar refractivity (Wildman–Crippen MR) is 190 cm³/mol. The lowest BCUT2D eigenvalue weighted by Gasteiger charge is -2.25. The second kappa shape index (κ2) is 25.4. The molecule has 0 bridgehead atoms. The summed E-state index contributed by atoms with van der Waals surface area (Å²) >= 11 is 5.89. The number of amides is 2. The molecule has 0 aromatic heterocycles. The first kappa shape index (κ1) is 40.2. The monoisotopic (exact) mass is 652 g/mol. The molecule has 0 aliphatic rings. The van der Waals surface area contributed by atoms with Crippen molar-refractivity contribution in [3.63, 3.8) is 0 Å². The number of allylic oxidation sites excluding steroid dienone is 12. The Kier molecular flexibility index (Phi) is 22.2. The van der Waals surface area contributed by atoms with Crippen LogP contribution in [0.15, 0.2) is 97.2 Å². The molecule has 0 aliphatic heterocycles. The number of carbonyl (C=O) groups is 3. The quantitative estimate of drug-likeness (QED) is 0.0764. The lowest BCUT2D eigenvalue weighted by molar-refractivity contribution is -0.142. The van der Waals surface area contributed by atoms with Crippen LogP contribution in [-0.2, 0) is 14.4 Å². The Balaban J connectivity index is 2.17. The smallest absolute Gasteiger partial charge is 0.326 e. The first-order valence-corrected chi connectivity index (χ1v) is 16.7. The minimum absolute atomic E-state index is 0.227. The van der Waals surface area contributed by atoms with Crippen molar-refractivity contribution in [2.75, 3.05) is 6.54 Å². The number of carboxylic acid groups (broad SMARTS) is 1. The summed E-state index contributed by atoms with van der Waals surface area (Å²) in [7, 11) is 0. The third-order valence-electron chi connectivity index (χ3n) is 6.71. The molecule has 3 N–H and O–H groups in total. The van der Waals surface area contributed by atoms with Crippen LogP contribution in [0.1, 0.15) is 91.4 Å². The van der Waals surface area contributed by atoms with Gasteiger partial charge in [0.1, 0.15) is 11.8 Å². The molecule has 0 saturated carbocycles. The van der Waals surface area contributed by atoms with Gasteiger partial charge in [0.05, 0.1) is 0 Å². The molecule has 0 radical (unpaired) electrons. The number of aliphatic carboxylic acids is 1. The fourth-order valence-corrected chi connectivity index (χ4v) is 4.24. The summed E-state index contributed by atoms with van der Waals surface area (Å²) in [6, 6.07) is 5.81. The van der Waals surface area contributed by atoms with E-state index in [9.17, 15) is 19.5 Å². The third kappa shape index (κ3) is 21.0. The van der Waals surface area contributed by atoms with E-state index in [1.807, 2.05) is 12.2 Å². The molecule has 0 aliphatic carbocycles. The first-order valence-electron chi connectivity index (χ1n) is 16.3. The Morgan fingerprint density at radius 3 is 1.80 bits per heavy atom. The highest BCUT2D eigenvalue weighted by Crippen LogP contribution is 2.21. The number of ether oxygens (including phenoxy) is 1. The van der Waals surface area contributed by atoms with Crippen molar-refractivity contribution < 1.29 is 24.2 Å². The van der Waals surface area contributed by atoms with Gasteiger partial charge in [0, 0.05) is 18.0 Å². The van der Waals surface area contributed by atoms with Gasteiger partial charge in [-0.1, -0.05) is 91.4 Å². The highest BCUT2D eigenvalue weighted by Gasteiger charge is 2.29. The van der Waals surface area contributed by atoms with Gasteiger partial charge in [-0.15, -0.1) is 0 Å². The maximum atomic E-state index is 12.6. The zero-order chi connectivity index (χ0) is 33.9. The summed E-state index contributed by atoms with van der Waals surface area (Å²) in [5, 5.41) is 15.5. The molecule has 0 spiro atoms. The summed E-state index contributed by atoms with van der Waals surface area (Å²) < 4.78 is 5.78. The number of hydrogen-bond donors (Lipinski definition) is 3. The number of rotatable bonds is 24. The van der Waals surface area contributed by atoms with Crippen molar-refractivity contribution >= 4 is 29.4 Å². The molecule has 0 fully saturated rings. The molecule has 0 heterocycles. The van der Waals surface area contributed by atoms with Gasteiger partial charge in [-0.3, -0.25) is 9.59 Å². The van der Waals surface area contributed by atoms with Crippen LogP contribution in [0.3, 0.4) is 0 Å². The Morgan fingerprint density at radius 2 is 1.30 bits per heavy atom. The maximum Gasteiger partial charge on any atom is 0.326 e. The van der Waals surface area contributed by atoms with Crippen molar-refractivity contribution in [3.05, 3.63) is 102 Å². The Morgan fingerprint density at radius 1 is 0.804 bits per heavy atom. The van der Waals surface area contributed by atoms with Crippen LogP contribution in [0.25, 0.3) is 0 Å². The predicted octanol–water partition coefficient (Wildman–Crippen LogP) is 8.83. The molecule has 1 atom stereocenters. The summed E-state index contributed by atoms with van der Waals surface area (Å²) in [5.41, 5.74) is -1.09. The average Bonchev–Trinajstić information content (AvgIpc) is 3.02. The molecule has 1 aromatic carbocycles. The fraction of sp³-hybridized carbons (Fsp3) is 0.447. The van der Waals surface area contributed by atoms with Crippen LogP contribution < -0.4 is 15.4 Å². The number of hydrogen-bond acceptors (Lipinski definition) is 4. The highest BCUT2D eigenvalue weighted by atomic mass is 35.5. The van der Waals surface area contributed by atoms with E-state index in [1.165, 1.54) is 0 Å². The van der Waals surface area contributed by atoms with Gasteiger partial charge < -0.3 is 20.5 Å². The Hall–Kier alpha value is -3.84. The van der Waals surface area contributed by atoms with E-state index < -0.39 is 17.6 Å². The van der Waals surface area contributed by atoms with E-state index in [-0.39, 0.29) is 24.7 Å². The van der Waals surface area contributed by atoms with Gasteiger partial charge in [0.15, 0.2) is 5.60 Å². The van der Waals surface area contributed by atoms with Crippen LogP contribution >= 0.6 is 11.6 Å². The minimum atomic E-state index is -1.09. The second-order valence-corrected chi connectivity index (χ2v) is 11.7. The van der Waals surface area contributed by atoms with Crippen molar-refractivity contribution in [2.45, 2.75) is 103 Å². The highest BCUT2D eigenvalue weighted by molar-refractivity contribution is 6.30. The number of halogens is 1. The molecule has 0 saturated heterocycles. The van der Waals surface area contributed by atoms with Crippen LogP contribution in [-0.4, -0.2) is 41.1 Å². The van der Waals surface area contributed by atoms with Crippen LogP contribution in [0.2, 0.25) is 5.02 Å². The molecule has 7 nitrogen and oxygen atoms in total. The standard InChI is InChI=1S/C38H53ClN2O5/c1-4-5-6-7-8-9-10-11-12-13-14-15-16-17-18-19-20-21-22-26-35(42)41-34(36(43)44)25-23-24-31-40-37(45)38(2,3)46-33-29-27-32(39)28-30-33/h5-6,8-9,11-12,14-15,17-18,20-21,27-30,34H,4,7,10,13,16,19,22-26,31H2,1-3H3,(H,40,45)(H,41,42)(H,43,44)/b6-5-,9-8-,12-11-,15-14-,18-17-,21-20-. The number of carbonyl (C=O) groups excluding carboxylic acids is 2. The van der Waals surface area contributed by atoms with E-state index >= 15 is 0 Å². The molecule has 1 aromatic rings. The van der Waals surface area contributed by atoms with E-state index in [0.29, 0.717) is 36.6 Å². The molecule has 46 heavy (non-hydrogen) atoms.